The lowest BCUT2D eigenvalue weighted by molar-refractivity contribution is -0.136. The molecule has 2 heterocycles. The molecule has 7 heteroatoms. The Labute approximate surface area is 203 Å². The first-order valence-electron chi connectivity index (χ1n) is 11.5. The maximum Gasteiger partial charge on any atom is 0.339 e. The average molecular weight is 473 g/mol. The Balaban J connectivity index is 1.39. The molecule has 0 spiro atoms. The molecule has 2 aromatic heterocycles. The lowest BCUT2D eigenvalue weighted by Gasteiger charge is -2.24. The van der Waals surface area contributed by atoms with Crippen molar-refractivity contribution in [3.8, 4) is 5.75 Å². The van der Waals surface area contributed by atoms with Crippen LogP contribution < -0.4 is 16.1 Å². The van der Waals surface area contributed by atoms with Crippen molar-refractivity contribution in [2.24, 2.45) is 5.73 Å². The lowest BCUT2D eigenvalue weighted by Crippen LogP contribution is -2.47. The predicted octanol–water partition coefficient (Wildman–Crippen LogP) is 3.51. The van der Waals surface area contributed by atoms with Gasteiger partial charge in [0.15, 0.2) is 0 Å². The largest absolute Gasteiger partial charge is 0.493 e. The van der Waals surface area contributed by atoms with E-state index in [1.54, 1.807) is 24.5 Å². The van der Waals surface area contributed by atoms with Crippen molar-refractivity contribution in [2.45, 2.75) is 38.2 Å². The second-order valence-electron chi connectivity index (χ2n) is 8.77. The van der Waals surface area contributed by atoms with Gasteiger partial charge in [-0.1, -0.05) is 23.8 Å². The molecule has 7 nitrogen and oxygen atoms in total. The Morgan fingerprint density at radius 3 is 2.46 bits per heavy atom. The minimum absolute atomic E-state index is 0.0654. The first-order valence-corrected chi connectivity index (χ1v) is 11.5. The number of nitrogens with zero attached hydrogens (tertiary/aromatic N) is 1. The summed E-state index contributed by atoms with van der Waals surface area (Å²) in [6.45, 7) is 2.47. The molecule has 0 aliphatic carbocycles. The number of carbonyl (C=O) groups excluding carboxylic acids is 1. The molecule has 0 saturated carbocycles. The fraction of sp³-hybridized carbons (Fsp3) is 0.250. The van der Waals surface area contributed by atoms with Gasteiger partial charge in [-0.3, -0.25) is 9.78 Å². The van der Waals surface area contributed by atoms with E-state index in [1.165, 1.54) is 0 Å². The molecule has 0 aliphatic rings. The zero-order valence-corrected chi connectivity index (χ0v) is 19.6. The van der Waals surface area contributed by atoms with Gasteiger partial charge in [0.25, 0.3) is 0 Å². The summed E-state index contributed by atoms with van der Waals surface area (Å²) in [4.78, 5) is 28.6. The lowest BCUT2D eigenvalue weighted by atomic mass is 9.88. The van der Waals surface area contributed by atoms with Crippen LogP contribution in [0.2, 0.25) is 0 Å². The maximum atomic E-state index is 12.5. The summed E-state index contributed by atoms with van der Waals surface area (Å²) < 4.78 is 11.2. The van der Waals surface area contributed by atoms with Crippen molar-refractivity contribution in [1.29, 1.82) is 0 Å². The van der Waals surface area contributed by atoms with Crippen LogP contribution in [0.25, 0.3) is 11.0 Å². The molecule has 3 N–H and O–H groups in total. The van der Waals surface area contributed by atoms with Gasteiger partial charge in [0, 0.05) is 36.2 Å². The Bertz CT molecular complexity index is 1370. The number of pyridine rings is 1. The summed E-state index contributed by atoms with van der Waals surface area (Å²) in [6, 6.07) is 18.5. The molecule has 2 aromatic carbocycles. The zero-order valence-electron chi connectivity index (χ0n) is 19.6. The third-order valence-corrected chi connectivity index (χ3v) is 6.06. The number of fused-ring (bicyclic) bond motifs is 1. The van der Waals surface area contributed by atoms with Crippen molar-refractivity contribution in [3.63, 3.8) is 0 Å². The molecule has 0 bridgehead atoms. The molecular weight excluding hydrogens is 444 g/mol. The van der Waals surface area contributed by atoms with E-state index in [0.29, 0.717) is 18.6 Å². The number of ether oxygens (including phenoxy) is 1. The number of aryl methyl sites for hydroxylation is 2. The van der Waals surface area contributed by atoms with Crippen LogP contribution in [0.5, 0.6) is 5.75 Å². The first-order chi connectivity index (χ1) is 16.8. The molecule has 180 valence electrons. The van der Waals surface area contributed by atoms with Crippen molar-refractivity contribution in [2.75, 3.05) is 6.61 Å². The second-order valence-corrected chi connectivity index (χ2v) is 8.77. The molecule has 0 radical (unpaired) electrons. The fourth-order valence-corrected chi connectivity index (χ4v) is 3.96. The van der Waals surface area contributed by atoms with E-state index in [1.807, 2.05) is 55.5 Å². The number of hydrogen-bond donors (Lipinski definition) is 2. The standard InChI is InChI=1S/C28H28N2O5/c1-19-2-7-25-22(16-19)17-23(26(31)35-25)18-28(33,27(29)32)12-8-20-3-5-24(6-4-20)34-15-11-21-9-13-30-14-10-21/h2-7,9-10,13-14,16-17,33H,8,11-12,15,18H2,1H3,(H2,29,32). The number of amides is 1. The van der Waals surface area contributed by atoms with Crippen LogP contribution in [0.4, 0.5) is 0 Å². The minimum atomic E-state index is -1.88. The monoisotopic (exact) mass is 472 g/mol. The number of aromatic nitrogens is 1. The number of primary amides is 1. The summed E-state index contributed by atoms with van der Waals surface area (Å²) in [5, 5.41) is 11.8. The van der Waals surface area contributed by atoms with Crippen LogP contribution in [0, 0.1) is 6.92 Å². The minimum Gasteiger partial charge on any atom is -0.493 e. The highest BCUT2D eigenvalue weighted by Gasteiger charge is 2.35. The van der Waals surface area contributed by atoms with Gasteiger partial charge >= 0.3 is 5.63 Å². The molecule has 4 rings (SSSR count). The zero-order chi connectivity index (χ0) is 24.8. The van der Waals surface area contributed by atoms with Crippen LogP contribution in [0.1, 0.15) is 28.7 Å². The molecule has 1 unspecified atom stereocenters. The van der Waals surface area contributed by atoms with Gasteiger partial charge in [0.05, 0.1) is 6.61 Å². The second kappa shape index (κ2) is 10.5. The fourth-order valence-electron chi connectivity index (χ4n) is 3.96. The summed E-state index contributed by atoms with van der Waals surface area (Å²) >= 11 is 0. The van der Waals surface area contributed by atoms with Crippen molar-refractivity contribution in [3.05, 3.63) is 106 Å². The first kappa shape index (κ1) is 24.2. The van der Waals surface area contributed by atoms with Gasteiger partial charge in [-0.05, 0) is 73.4 Å². The number of rotatable bonds is 10. The van der Waals surface area contributed by atoms with Crippen LogP contribution in [-0.2, 0) is 24.1 Å². The molecule has 0 aliphatic heterocycles. The normalized spacial score (nSPS) is 12.9. The van der Waals surface area contributed by atoms with E-state index < -0.39 is 17.1 Å². The maximum absolute atomic E-state index is 12.5. The van der Waals surface area contributed by atoms with E-state index in [9.17, 15) is 14.7 Å². The van der Waals surface area contributed by atoms with Gasteiger partial charge in [-0.15, -0.1) is 0 Å². The van der Waals surface area contributed by atoms with E-state index in [-0.39, 0.29) is 18.4 Å². The van der Waals surface area contributed by atoms with Gasteiger partial charge in [0.1, 0.15) is 16.9 Å². The summed E-state index contributed by atoms with van der Waals surface area (Å²) in [6.07, 6.45) is 4.53. The third-order valence-electron chi connectivity index (χ3n) is 6.06. The molecular formula is C28H28N2O5. The van der Waals surface area contributed by atoms with Crippen molar-refractivity contribution in [1.82, 2.24) is 4.98 Å². The number of hydrogen-bond acceptors (Lipinski definition) is 6. The Hall–Kier alpha value is -3.97. The van der Waals surface area contributed by atoms with Crippen LogP contribution in [-0.4, -0.2) is 28.2 Å². The number of carbonyl (C=O) groups is 1. The van der Waals surface area contributed by atoms with Crippen LogP contribution >= 0.6 is 0 Å². The predicted molar refractivity (Wildman–Crippen MR) is 133 cm³/mol. The third kappa shape index (κ3) is 6.13. The topological polar surface area (TPSA) is 116 Å². The summed E-state index contributed by atoms with van der Waals surface area (Å²) in [7, 11) is 0. The number of aliphatic hydroxyl groups is 1. The van der Waals surface area contributed by atoms with Gasteiger partial charge in [-0.25, -0.2) is 4.79 Å². The Kier molecular flexibility index (Phi) is 7.27. The van der Waals surface area contributed by atoms with Crippen molar-refractivity contribution >= 4 is 16.9 Å². The molecule has 35 heavy (non-hydrogen) atoms. The van der Waals surface area contributed by atoms with E-state index in [0.717, 1.165) is 34.2 Å². The highest BCUT2D eigenvalue weighted by molar-refractivity contribution is 5.84. The average Bonchev–Trinajstić information content (AvgIpc) is 2.85. The Morgan fingerprint density at radius 1 is 1.03 bits per heavy atom. The smallest absolute Gasteiger partial charge is 0.339 e. The van der Waals surface area contributed by atoms with Crippen LogP contribution in [0.3, 0.4) is 0 Å². The number of benzene rings is 2. The SMILES string of the molecule is Cc1ccc2oc(=O)c(CC(O)(CCc3ccc(OCCc4ccncc4)cc3)C(N)=O)cc2c1. The summed E-state index contributed by atoms with van der Waals surface area (Å²) in [5.74, 6) is -0.144. The van der Waals surface area contributed by atoms with E-state index in [2.05, 4.69) is 4.98 Å². The van der Waals surface area contributed by atoms with E-state index >= 15 is 0 Å². The van der Waals surface area contributed by atoms with Crippen molar-refractivity contribution < 1.29 is 19.1 Å². The van der Waals surface area contributed by atoms with Crippen LogP contribution in [0.15, 0.2) is 82.3 Å². The summed E-state index contributed by atoms with van der Waals surface area (Å²) in [5.41, 5.74) is 6.81. The molecule has 0 saturated heterocycles. The molecule has 1 atom stereocenters. The highest BCUT2D eigenvalue weighted by atomic mass is 16.5. The molecule has 0 fully saturated rings. The Morgan fingerprint density at radius 2 is 1.74 bits per heavy atom. The molecule has 4 aromatic rings. The highest BCUT2D eigenvalue weighted by Crippen LogP contribution is 2.23. The van der Waals surface area contributed by atoms with Gasteiger partial charge < -0.3 is 20.0 Å². The van der Waals surface area contributed by atoms with Gasteiger partial charge in [-0.2, -0.15) is 0 Å². The number of nitrogens with two attached hydrogens (primary N) is 1. The molecule has 1 amide bonds. The quantitative estimate of drug-likeness (QED) is 0.341. The van der Waals surface area contributed by atoms with E-state index in [4.69, 9.17) is 14.9 Å². The van der Waals surface area contributed by atoms with Gasteiger partial charge in [0.2, 0.25) is 5.91 Å².